The van der Waals surface area contributed by atoms with Gasteiger partial charge in [0.05, 0.1) is 6.04 Å². The van der Waals surface area contributed by atoms with Crippen molar-refractivity contribution in [3.63, 3.8) is 0 Å². The van der Waals surface area contributed by atoms with Gasteiger partial charge in [-0.3, -0.25) is 9.59 Å². The van der Waals surface area contributed by atoms with Gasteiger partial charge >= 0.3 is 0 Å². The van der Waals surface area contributed by atoms with Gasteiger partial charge in [0, 0.05) is 19.0 Å². The van der Waals surface area contributed by atoms with Gasteiger partial charge in [0.1, 0.15) is 5.82 Å². The van der Waals surface area contributed by atoms with E-state index in [0.29, 0.717) is 6.42 Å². The van der Waals surface area contributed by atoms with Crippen molar-refractivity contribution in [2.24, 2.45) is 0 Å². The summed E-state index contributed by atoms with van der Waals surface area (Å²) >= 11 is 0. The number of carbonyl (C=O) groups excluding carboxylic acids is 2. The molecule has 1 amide bonds. The average Bonchev–Trinajstić information content (AvgIpc) is 2.85. The summed E-state index contributed by atoms with van der Waals surface area (Å²) in [6, 6.07) is 0.000872. The summed E-state index contributed by atoms with van der Waals surface area (Å²) in [6.45, 7) is 3.00. The minimum absolute atomic E-state index is 0.000872. The molecule has 2 heterocycles. The van der Waals surface area contributed by atoms with Crippen LogP contribution in [0, 0.1) is 0 Å². The Morgan fingerprint density at radius 2 is 2.35 bits per heavy atom. The first kappa shape index (κ1) is 12.1. The molecular formula is C13H20N2O2. The van der Waals surface area contributed by atoms with Gasteiger partial charge in [0.15, 0.2) is 5.78 Å². The zero-order chi connectivity index (χ0) is 12.3. The predicted molar refractivity (Wildman–Crippen MR) is 65.1 cm³/mol. The molecule has 1 saturated heterocycles. The lowest BCUT2D eigenvalue weighted by Crippen LogP contribution is -2.35. The monoisotopic (exact) mass is 236 g/mol. The zero-order valence-electron chi connectivity index (χ0n) is 10.4. The van der Waals surface area contributed by atoms with E-state index in [0.717, 1.165) is 44.5 Å². The third-order valence-corrected chi connectivity index (χ3v) is 3.44. The summed E-state index contributed by atoms with van der Waals surface area (Å²) in [4.78, 5) is 25.3. The summed E-state index contributed by atoms with van der Waals surface area (Å²) in [5.41, 5.74) is 0. The maximum atomic E-state index is 11.7. The lowest BCUT2D eigenvalue weighted by Gasteiger charge is -2.21. The molecule has 4 heteroatoms. The molecule has 0 bridgehead atoms. The van der Waals surface area contributed by atoms with E-state index in [2.05, 4.69) is 12.2 Å². The number of unbranched alkanes of at least 4 members (excludes halogenated alkanes) is 2. The Balaban J connectivity index is 1.84. The van der Waals surface area contributed by atoms with E-state index in [1.807, 2.05) is 4.90 Å². The number of hydrogen-bond acceptors (Lipinski definition) is 3. The number of fused-ring (bicyclic) bond motifs is 1. The van der Waals surface area contributed by atoms with Crippen LogP contribution in [0.25, 0.3) is 0 Å². The summed E-state index contributed by atoms with van der Waals surface area (Å²) in [7, 11) is 0. The van der Waals surface area contributed by atoms with E-state index in [9.17, 15) is 9.59 Å². The van der Waals surface area contributed by atoms with Crippen molar-refractivity contribution in [3.8, 4) is 0 Å². The Morgan fingerprint density at radius 3 is 3.12 bits per heavy atom. The van der Waals surface area contributed by atoms with Crippen molar-refractivity contribution in [3.05, 3.63) is 11.9 Å². The molecule has 2 rings (SSSR count). The van der Waals surface area contributed by atoms with Gasteiger partial charge in [-0.25, -0.2) is 0 Å². The van der Waals surface area contributed by atoms with Crippen molar-refractivity contribution in [1.82, 2.24) is 10.2 Å². The number of nitrogens with one attached hydrogen (secondary N) is 1. The molecule has 17 heavy (non-hydrogen) atoms. The summed E-state index contributed by atoms with van der Waals surface area (Å²) in [5, 5.41) is 2.87. The second kappa shape index (κ2) is 5.34. The molecular weight excluding hydrogens is 216 g/mol. The number of amides is 1. The minimum atomic E-state index is 0.000872. The molecule has 0 aliphatic carbocycles. The van der Waals surface area contributed by atoms with Crippen molar-refractivity contribution in [2.45, 2.75) is 51.5 Å². The Kier molecular flexibility index (Phi) is 3.82. The van der Waals surface area contributed by atoms with Crippen LogP contribution in [0.5, 0.6) is 0 Å². The van der Waals surface area contributed by atoms with Crippen LogP contribution in [-0.2, 0) is 9.59 Å². The molecule has 2 aliphatic rings. The molecule has 1 fully saturated rings. The van der Waals surface area contributed by atoms with Gasteiger partial charge in [0.2, 0.25) is 5.91 Å². The second-order valence-corrected chi connectivity index (χ2v) is 4.79. The quantitative estimate of drug-likeness (QED) is 0.737. The molecule has 0 unspecified atom stereocenters. The molecule has 0 aromatic heterocycles. The highest BCUT2D eigenvalue weighted by atomic mass is 16.2. The highest BCUT2D eigenvalue weighted by Crippen LogP contribution is 2.27. The normalized spacial score (nSPS) is 22.6. The second-order valence-electron chi connectivity index (χ2n) is 4.79. The van der Waals surface area contributed by atoms with Crippen LogP contribution in [0.3, 0.4) is 0 Å². The van der Waals surface area contributed by atoms with E-state index < -0.39 is 0 Å². The molecule has 0 aromatic rings. The zero-order valence-corrected chi connectivity index (χ0v) is 10.4. The van der Waals surface area contributed by atoms with Crippen LogP contribution in [0.4, 0.5) is 0 Å². The molecule has 2 aliphatic heterocycles. The van der Waals surface area contributed by atoms with Crippen molar-refractivity contribution in [1.29, 1.82) is 0 Å². The van der Waals surface area contributed by atoms with Crippen molar-refractivity contribution < 1.29 is 9.59 Å². The van der Waals surface area contributed by atoms with Crippen LogP contribution in [0.1, 0.15) is 45.4 Å². The first-order chi connectivity index (χ1) is 8.22. The lowest BCUT2D eigenvalue weighted by atomic mass is 10.2. The van der Waals surface area contributed by atoms with Gasteiger partial charge in [-0.2, -0.15) is 0 Å². The fourth-order valence-corrected chi connectivity index (χ4v) is 2.51. The van der Waals surface area contributed by atoms with Crippen LogP contribution in [0.15, 0.2) is 11.9 Å². The maximum absolute atomic E-state index is 11.7. The van der Waals surface area contributed by atoms with Gasteiger partial charge in [0.25, 0.3) is 0 Å². The van der Waals surface area contributed by atoms with Gasteiger partial charge in [-0.05, 0) is 19.3 Å². The highest BCUT2D eigenvalue weighted by molar-refractivity contribution is 5.98. The Morgan fingerprint density at radius 1 is 1.53 bits per heavy atom. The number of hydrogen-bond donors (Lipinski definition) is 1. The third-order valence-electron chi connectivity index (χ3n) is 3.44. The molecule has 1 atom stereocenters. The fraction of sp³-hybridized carbons (Fsp3) is 0.692. The topological polar surface area (TPSA) is 49.4 Å². The lowest BCUT2D eigenvalue weighted by molar-refractivity contribution is -0.121. The van der Waals surface area contributed by atoms with E-state index in [1.54, 1.807) is 6.08 Å². The number of nitrogens with zero attached hydrogens (tertiary/aromatic N) is 1. The fourth-order valence-electron chi connectivity index (χ4n) is 2.51. The SMILES string of the molecule is CCCCCC(=O)NC1=CC(=O)[C@@H]2CCCN12. The van der Waals surface area contributed by atoms with E-state index >= 15 is 0 Å². The molecule has 0 saturated carbocycles. The first-order valence-corrected chi connectivity index (χ1v) is 6.54. The smallest absolute Gasteiger partial charge is 0.225 e. The number of carbonyl (C=O) groups is 2. The predicted octanol–water partition coefficient (Wildman–Crippen LogP) is 1.57. The van der Waals surface area contributed by atoms with Crippen LogP contribution in [-0.4, -0.2) is 29.2 Å². The van der Waals surface area contributed by atoms with Gasteiger partial charge in [-0.15, -0.1) is 0 Å². The average molecular weight is 236 g/mol. The number of ketones is 1. The maximum Gasteiger partial charge on any atom is 0.225 e. The highest BCUT2D eigenvalue weighted by Gasteiger charge is 2.36. The van der Waals surface area contributed by atoms with Crippen LogP contribution >= 0.6 is 0 Å². The Labute approximate surface area is 102 Å². The van der Waals surface area contributed by atoms with E-state index in [4.69, 9.17) is 0 Å². The van der Waals surface area contributed by atoms with Crippen LogP contribution < -0.4 is 5.32 Å². The van der Waals surface area contributed by atoms with Crippen LogP contribution in [0.2, 0.25) is 0 Å². The Hall–Kier alpha value is -1.32. The minimum Gasteiger partial charge on any atom is -0.348 e. The summed E-state index contributed by atoms with van der Waals surface area (Å²) < 4.78 is 0. The largest absolute Gasteiger partial charge is 0.348 e. The van der Waals surface area contributed by atoms with E-state index in [1.165, 1.54) is 0 Å². The van der Waals surface area contributed by atoms with Gasteiger partial charge < -0.3 is 10.2 Å². The summed E-state index contributed by atoms with van der Waals surface area (Å²) in [6.07, 6.45) is 7.22. The molecule has 94 valence electrons. The number of rotatable bonds is 5. The molecule has 1 N–H and O–H groups in total. The van der Waals surface area contributed by atoms with E-state index in [-0.39, 0.29) is 17.7 Å². The summed E-state index contributed by atoms with van der Waals surface area (Å²) in [5.74, 6) is 0.899. The van der Waals surface area contributed by atoms with Crippen molar-refractivity contribution >= 4 is 11.7 Å². The van der Waals surface area contributed by atoms with Gasteiger partial charge in [-0.1, -0.05) is 19.8 Å². The standard InChI is InChI=1S/C13H20N2O2/c1-2-3-4-7-13(17)14-12-9-11(16)10-6-5-8-15(10)12/h9-10H,2-8H2,1H3,(H,14,17)/t10-/m0/s1. The molecule has 4 nitrogen and oxygen atoms in total. The third kappa shape index (κ3) is 2.68. The van der Waals surface area contributed by atoms with Crippen molar-refractivity contribution in [2.75, 3.05) is 6.54 Å². The molecule has 0 aromatic carbocycles. The molecule has 0 spiro atoms. The Bertz CT molecular complexity index is 349. The first-order valence-electron chi connectivity index (χ1n) is 6.54. The molecule has 0 radical (unpaired) electrons.